The van der Waals surface area contributed by atoms with Crippen molar-refractivity contribution in [3.05, 3.63) is 130 Å². The Kier molecular flexibility index (Phi) is 7.70. The number of fused-ring (bicyclic) bond motifs is 1. The number of esters is 1. The smallest absolute Gasteiger partial charge is 0.347 e. The summed E-state index contributed by atoms with van der Waals surface area (Å²) < 4.78 is 23.1. The van der Waals surface area contributed by atoms with Gasteiger partial charge in [0.15, 0.2) is 0 Å². The summed E-state index contributed by atoms with van der Waals surface area (Å²) in [6.45, 7) is 4.72. The molecule has 1 heterocycles. The number of carbonyl (C=O) groups is 1. The quantitative estimate of drug-likeness (QED) is 0.207. The molecule has 1 atom stereocenters. The summed E-state index contributed by atoms with van der Waals surface area (Å²) in [4.78, 5) is 12.9. The van der Waals surface area contributed by atoms with Crippen molar-refractivity contribution in [1.82, 2.24) is 0 Å². The highest BCUT2D eigenvalue weighted by atomic mass is 16.5. The molecule has 5 rings (SSSR count). The zero-order valence-corrected chi connectivity index (χ0v) is 22.2. The van der Waals surface area contributed by atoms with Crippen LogP contribution in [0.3, 0.4) is 0 Å². The van der Waals surface area contributed by atoms with Crippen LogP contribution in [0.25, 0.3) is 0 Å². The highest BCUT2D eigenvalue weighted by Gasteiger charge is 2.31. The summed E-state index contributed by atoms with van der Waals surface area (Å²) in [5.74, 6) is 0.736. The summed E-state index contributed by atoms with van der Waals surface area (Å²) in [6, 6.07) is 29.9. The Hall–Kier alpha value is -5.22. The zero-order valence-electron chi connectivity index (χ0n) is 22.2. The van der Waals surface area contributed by atoms with Crippen LogP contribution in [-0.4, -0.2) is 12.6 Å². The molecular weight excluding hydrogens is 504 g/mol. The lowest BCUT2D eigenvalue weighted by Gasteiger charge is -2.27. The molecule has 0 saturated carbocycles. The van der Waals surface area contributed by atoms with E-state index in [1.165, 1.54) is 5.56 Å². The van der Waals surface area contributed by atoms with Gasteiger partial charge in [0.2, 0.25) is 5.88 Å². The van der Waals surface area contributed by atoms with Crippen LogP contribution < -0.4 is 24.7 Å². The normalized spacial score (nSPS) is 14.0. The molecule has 0 fully saturated rings. The number of aryl methyl sites for hydroxylation is 1. The van der Waals surface area contributed by atoms with Crippen molar-refractivity contribution in [3.63, 3.8) is 0 Å². The van der Waals surface area contributed by atoms with Crippen LogP contribution in [0.15, 0.2) is 102 Å². The highest BCUT2D eigenvalue weighted by Crippen LogP contribution is 2.44. The molecule has 0 amide bonds. The number of carbonyl (C=O) groups excluding carboxylic acids is 1. The van der Waals surface area contributed by atoms with E-state index in [4.69, 9.17) is 24.7 Å². The van der Waals surface area contributed by atoms with Crippen LogP contribution >= 0.6 is 0 Å². The SMILES string of the molecule is CCOc1ccccc1C(=O)Oc1ccc2c(c1)OC(N)=C(C#N)C2c1cccc(OCc2ccc(C)cc2)c1. The summed E-state index contributed by atoms with van der Waals surface area (Å²) >= 11 is 0. The molecular formula is C33H28N2O5. The van der Waals surface area contributed by atoms with Gasteiger partial charge in [-0.3, -0.25) is 0 Å². The molecule has 4 aromatic carbocycles. The van der Waals surface area contributed by atoms with Crippen molar-refractivity contribution < 1.29 is 23.7 Å². The number of nitrogens with zero attached hydrogens (tertiary/aromatic N) is 1. The number of para-hydroxylation sites is 1. The first-order valence-corrected chi connectivity index (χ1v) is 12.9. The maximum Gasteiger partial charge on any atom is 0.347 e. The molecule has 7 heteroatoms. The number of ether oxygens (including phenoxy) is 4. The molecule has 4 aromatic rings. The Morgan fingerprint density at radius 3 is 2.52 bits per heavy atom. The molecule has 40 heavy (non-hydrogen) atoms. The van der Waals surface area contributed by atoms with Crippen molar-refractivity contribution in [1.29, 1.82) is 5.26 Å². The predicted molar refractivity (Wildman–Crippen MR) is 150 cm³/mol. The first-order chi connectivity index (χ1) is 19.5. The monoisotopic (exact) mass is 532 g/mol. The molecule has 0 aromatic heterocycles. The van der Waals surface area contributed by atoms with Crippen molar-refractivity contribution in [2.75, 3.05) is 6.61 Å². The summed E-state index contributed by atoms with van der Waals surface area (Å²) in [7, 11) is 0. The Morgan fingerprint density at radius 1 is 0.950 bits per heavy atom. The van der Waals surface area contributed by atoms with E-state index in [1.807, 2.05) is 62.4 Å². The minimum absolute atomic E-state index is 0.00357. The second-order valence-electron chi connectivity index (χ2n) is 9.29. The minimum Gasteiger partial charge on any atom is -0.493 e. The van der Waals surface area contributed by atoms with Gasteiger partial charge in [0, 0.05) is 11.6 Å². The highest BCUT2D eigenvalue weighted by molar-refractivity contribution is 5.94. The van der Waals surface area contributed by atoms with Gasteiger partial charge in [-0.25, -0.2) is 4.79 Å². The lowest BCUT2D eigenvalue weighted by Crippen LogP contribution is -2.21. The Morgan fingerprint density at radius 2 is 1.75 bits per heavy atom. The predicted octanol–water partition coefficient (Wildman–Crippen LogP) is 6.41. The Labute approximate surface area is 233 Å². The van der Waals surface area contributed by atoms with Crippen LogP contribution in [-0.2, 0) is 6.61 Å². The van der Waals surface area contributed by atoms with Gasteiger partial charge >= 0.3 is 5.97 Å². The summed E-state index contributed by atoms with van der Waals surface area (Å²) in [5, 5.41) is 9.95. The van der Waals surface area contributed by atoms with Crippen LogP contribution in [0.5, 0.6) is 23.0 Å². The van der Waals surface area contributed by atoms with Gasteiger partial charge in [-0.2, -0.15) is 5.26 Å². The molecule has 1 aliphatic rings. The first kappa shape index (κ1) is 26.4. The molecule has 7 nitrogen and oxygen atoms in total. The third-order valence-electron chi connectivity index (χ3n) is 6.53. The van der Waals surface area contributed by atoms with Crippen LogP contribution in [0.2, 0.25) is 0 Å². The number of benzene rings is 4. The molecule has 200 valence electrons. The molecule has 0 radical (unpaired) electrons. The van der Waals surface area contributed by atoms with E-state index in [0.29, 0.717) is 41.6 Å². The van der Waals surface area contributed by atoms with Gasteiger partial charge in [0.25, 0.3) is 0 Å². The third-order valence-corrected chi connectivity index (χ3v) is 6.53. The second-order valence-corrected chi connectivity index (χ2v) is 9.29. The Balaban J connectivity index is 1.41. The van der Waals surface area contributed by atoms with E-state index in [9.17, 15) is 10.1 Å². The van der Waals surface area contributed by atoms with Crippen molar-refractivity contribution >= 4 is 5.97 Å². The first-order valence-electron chi connectivity index (χ1n) is 12.9. The van der Waals surface area contributed by atoms with Crippen molar-refractivity contribution in [3.8, 4) is 29.1 Å². The Bertz CT molecular complexity index is 1620. The second kappa shape index (κ2) is 11.7. The molecule has 0 aliphatic carbocycles. The van der Waals surface area contributed by atoms with Gasteiger partial charge in [-0.15, -0.1) is 0 Å². The van der Waals surface area contributed by atoms with E-state index in [0.717, 1.165) is 16.7 Å². The lowest BCUT2D eigenvalue weighted by atomic mass is 9.83. The van der Waals surface area contributed by atoms with E-state index in [1.54, 1.807) is 42.5 Å². The number of nitrogens with two attached hydrogens (primary N) is 1. The zero-order chi connectivity index (χ0) is 28.1. The third kappa shape index (κ3) is 5.62. The average molecular weight is 533 g/mol. The number of nitriles is 1. The number of rotatable bonds is 8. The lowest BCUT2D eigenvalue weighted by molar-refractivity contribution is 0.0730. The van der Waals surface area contributed by atoms with Crippen LogP contribution in [0, 0.1) is 18.3 Å². The van der Waals surface area contributed by atoms with E-state index >= 15 is 0 Å². The topological polar surface area (TPSA) is 104 Å². The number of hydrogen-bond acceptors (Lipinski definition) is 7. The van der Waals surface area contributed by atoms with Gasteiger partial charge in [-0.05, 0) is 55.3 Å². The fourth-order valence-electron chi connectivity index (χ4n) is 4.56. The number of hydrogen-bond donors (Lipinski definition) is 1. The van der Waals surface area contributed by atoms with Gasteiger partial charge in [-0.1, -0.05) is 60.2 Å². The van der Waals surface area contributed by atoms with Gasteiger partial charge < -0.3 is 24.7 Å². The molecule has 0 saturated heterocycles. The summed E-state index contributed by atoms with van der Waals surface area (Å²) in [6.07, 6.45) is 0. The summed E-state index contributed by atoms with van der Waals surface area (Å²) in [5.41, 5.74) is 10.6. The molecule has 0 spiro atoms. The standard InChI is InChI=1S/C33H28N2O5/c1-3-37-29-10-5-4-9-27(29)33(36)39-25-15-16-26-30(18-25)40-32(35)28(19-34)31(26)23-7-6-8-24(17-23)38-20-22-13-11-21(2)12-14-22/h4-18,31H,3,20,35H2,1-2H3. The van der Waals surface area contributed by atoms with Crippen LogP contribution in [0.1, 0.15) is 45.5 Å². The average Bonchev–Trinajstić information content (AvgIpc) is 2.96. The molecule has 2 N–H and O–H groups in total. The van der Waals surface area contributed by atoms with Crippen molar-refractivity contribution in [2.45, 2.75) is 26.4 Å². The number of allylic oxidation sites excluding steroid dienone is 1. The van der Waals surface area contributed by atoms with E-state index in [2.05, 4.69) is 6.07 Å². The fourth-order valence-corrected chi connectivity index (χ4v) is 4.56. The molecule has 1 aliphatic heterocycles. The molecule has 1 unspecified atom stereocenters. The maximum absolute atomic E-state index is 12.9. The fraction of sp³-hybridized carbons (Fsp3) is 0.152. The van der Waals surface area contributed by atoms with E-state index < -0.39 is 11.9 Å². The van der Waals surface area contributed by atoms with Gasteiger partial charge in [0.05, 0.1) is 12.5 Å². The maximum atomic E-state index is 12.9. The molecule has 0 bridgehead atoms. The minimum atomic E-state index is -0.559. The van der Waals surface area contributed by atoms with Gasteiger partial charge in [0.1, 0.15) is 46.8 Å². The largest absolute Gasteiger partial charge is 0.493 e. The van der Waals surface area contributed by atoms with Crippen LogP contribution in [0.4, 0.5) is 0 Å². The van der Waals surface area contributed by atoms with Crippen molar-refractivity contribution in [2.24, 2.45) is 5.73 Å². The van der Waals surface area contributed by atoms with E-state index in [-0.39, 0.29) is 11.6 Å².